The first kappa shape index (κ1) is 19.8. The summed E-state index contributed by atoms with van der Waals surface area (Å²) < 4.78 is 12.3. The van der Waals surface area contributed by atoms with E-state index in [4.69, 9.17) is 9.15 Å². The van der Waals surface area contributed by atoms with Gasteiger partial charge in [-0.3, -0.25) is 4.79 Å². The molecule has 4 aromatic rings. The highest BCUT2D eigenvalue weighted by atomic mass is 79.9. The fraction of sp³-hybridized carbons (Fsp3) is 0.0870. The first-order valence-electron chi connectivity index (χ1n) is 9.28. The molecule has 0 aliphatic heterocycles. The molecule has 2 heterocycles. The summed E-state index contributed by atoms with van der Waals surface area (Å²) in [6.45, 7) is 1.80. The van der Waals surface area contributed by atoms with Gasteiger partial charge in [0.1, 0.15) is 11.5 Å². The van der Waals surface area contributed by atoms with Gasteiger partial charge in [-0.1, -0.05) is 40.2 Å². The Labute approximate surface area is 182 Å². The van der Waals surface area contributed by atoms with E-state index in [-0.39, 0.29) is 12.3 Å². The molecule has 0 radical (unpaired) electrons. The number of ether oxygens (including phenoxy) is 1. The number of rotatable bonds is 6. The van der Waals surface area contributed by atoms with Gasteiger partial charge in [0.05, 0.1) is 24.0 Å². The van der Waals surface area contributed by atoms with E-state index in [2.05, 4.69) is 31.2 Å². The summed E-state index contributed by atoms with van der Waals surface area (Å²) >= 11 is 3.40. The Morgan fingerprint density at radius 1 is 1.10 bits per heavy atom. The highest BCUT2D eigenvalue weighted by Crippen LogP contribution is 2.24. The van der Waals surface area contributed by atoms with Gasteiger partial charge in [-0.05, 0) is 43.3 Å². The van der Waals surface area contributed by atoms with Gasteiger partial charge in [0, 0.05) is 16.1 Å². The summed E-state index contributed by atoms with van der Waals surface area (Å²) in [4.78, 5) is 21.1. The van der Waals surface area contributed by atoms with Crippen molar-refractivity contribution < 1.29 is 13.9 Å². The van der Waals surface area contributed by atoms with E-state index in [1.54, 1.807) is 25.3 Å². The van der Waals surface area contributed by atoms with Crippen LogP contribution >= 0.6 is 15.9 Å². The molecule has 0 bridgehead atoms. The van der Waals surface area contributed by atoms with Crippen molar-refractivity contribution in [1.29, 1.82) is 0 Å². The highest BCUT2D eigenvalue weighted by molar-refractivity contribution is 9.10. The first-order chi connectivity index (χ1) is 14.6. The molecule has 0 saturated carbocycles. The lowest BCUT2D eigenvalue weighted by Crippen LogP contribution is -2.15. The number of pyridine rings is 1. The molecule has 0 aliphatic rings. The van der Waals surface area contributed by atoms with Crippen molar-refractivity contribution >= 4 is 27.5 Å². The molecule has 0 spiro atoms. The van der Waals surface area contributed by atoms with Gasteiger partial charge in [-0.25, -0.2) is 9.97 Å². The topological polar surface area (TPSA) is 77.2 Å². The van der Waals surface area contributed by atoms with Crippen LogP contribution in [0.2, 0.25) is 0 Å². The van der Waals surface area contributed by atoms with Gasteiger partial charge < -0.3 is 14.5 Å². The Hall–Kier alpha value is -3.45. The number of carbonyl (C=O) groups is 1. The zero-order valence-corrected chi connectivity index (χ0v) is 17.7. The fourth-order valence-electron chi connectivity index (χ4n) is 2.82. The van der Waals surface area contributed by atoms with E-state index < -0.39 is 0 Å². The monoisotopic (exact) mass is 463 g/mol. The van der Waals surface area contributed by atoms with Gasteiger partial charge in [0.15, 0.2) is 0 Å². The van der Waals surface area contributed by atoms with Gasteiger partial charge in [0.25, 0.3) is 0 Å². The van der Waals surface area contributed by atoms with E-state index in [0.29, 0.717) is 34.7 Å². The molecule has 1 N–H and O–H groups in total. The minimum atomic E-state index is -0.200. The SMILES string of the molecule is Cc1oc(-c2ccccc2)nc1CC(=O)Nc1ccc(Oc2cccc(Br)c2)nc1. The smallest absolute Gasteiger partial charge is 0.230 e. The molecule has 0 atom stereocenters. The summed E-state index contributed by atoms with van der Waals surface area (Å²) in [6, 6.07) is 20.5. The lowest BCUT2D eigenvalue weighted by molar-refractivity contribution is -0.115. The quantitative estimate of drug-likeness (QED) is 0.392. The lowest BCUT2D eigenvalue weighted by atomic mass is 10.2. The van der Waals surface area contributed by atoms with Crippen LogP contribution in [0.3, 0.4) is 0 Å². The Balaban J connectivity index is 1.38. The molecule has 2 aromatic carbocycles. The Bertz CT molecular complexity index is 1160. The fourth-order valence-corrected chi connectivity index (χ4v) is 3.20. The van der Waals surface area contributed by atoms with Gasteiger partial charge in [0.2, 0.25) is 17.7 Å². The van der Waals surface area contributed by atoms with Crippen LogP contribution in [0.5, 0.6) is 11.6 Å². The lowest BCUT2D eigenvalue weighted by Gasteiger charge is -2.07. The van der Waals surface area contributed by atoms with Crippen LogP contribution in [0.1, 0.15) is 11.5 Å². The molecule has 4 rings (SSSR count). The van der Waals surface area contributed by atoms with Crippen LogP contribution in [0, 0.1) is 6.92 Å². The van der Waals surface area contributed by atoms with Gasteiger partial charge in [-0.15, -0.1) is 0 Å². The molecule has 0 unspecified atom stereocenters. The zero-order chi connectivity index (χ0) is 20.9. The van der Waals surface area contributed by atoms with Crippen molar-refractivity contribution in [3.63, 3.8) is 0 Å². The number of hydrogen-bond donors (Lipinski definition) is 1. The number of anilines is 1. The number of aryl methyl sites for hydroxylation is 1. The number of hydrogen-bond acceptors (Lipinski definition) is 5. The normalized spacial score (nSPS) is 10.6. The number of nitrogens with one attached hydrogen (secondary N) is 1. The van der Waals surface area contributed by atoms with Crippen molar-refractivity contribution in [2.75, 3.05) is 5.32 Å². The van der Waals surface area contributed by atoms with Crippen molar-refractivity contribution in [3.8, 4) is 23.1 Å². The van der Waals surface area contributed by atoms with Gasteiger partial charge >= 0.3 is 0 Å². The van der Waals surface area contributed by atoms with Crippen molar-refractivity contribution in [2.24, 2.45) is 0 Å². The van der Waals surface area contributed by atoms with Crippen LogP contribution < -0.4 is 10.1 Å². The molecule has 150 valence electrons. The highest BCUT2D eigenvalue weighted by Gasteiger charge is 2.15. The molecule has 6 nitrogen and oxygen atoms in total. The number of benzene rings is 2. The Kier molecular flexibility index (Phi) is 5.90. The van der Waals surface area contributed by atoms with Crippen molar-refractivity contribution in [3.05, 3.63) is 88.9 Å². The van der Waals surface area contributed by atoms with Crippen LogP contribution in [-0.4, -0.2) is 15.9 Å². The molecular weight excluding hydrogens is 446 g/mol. The van der Waals surface area contributed by atoms with Crippen molar-refractivity contribution in [2.45, 2.75) is 13.3 Å². The maximum Gasteiger partial charge on any atom is 0.230 e. The number of amides is 1. The largest absolute Gasteiger partial charge is 0.441 e. The third kappa shape index (κ3) is 4.93. The maximum absolute atomic E-state index is 12.4. The average Bonchev–Trinajstić information content (AvgIpc) is 3.10. The summed E-state index contributed by atoms with van der Waals surface area (Å²) in [7, 11) is 0. The molecule has 0 saturated heterocycles. The second kappa shape index (κ2) is 8.92. The van der Waals surface area contributed by atoms with E-state index in [1.165, 1.54) is 0 Å². The van der Waals surface area contributed by atoms with E-state index in [9.17, 15) is 4.79 Å². The number of carbonyl (C=O) groups excluding carboxylic acids is 1. The second-order valence-corrected chi connectivity index (χ2v) is 7.47. The molecule has 1 amide bonds. The Morgan fingerprint density at radius 2 is 1.93 bits per heavy atom. The molecule has 2 aromatic heterocycles. The molecule has 0 fully saturated rings. The number of aromatic nitrogens is 2. The molecule has 30 heavy (non-hydrogen) atoms. The van der Waals surface area contributed by atoms with Crippen LogP contribution in [0.25, 0.3) is 11.5 Å². The summed E-state index contributed by atoms with van der Waals surface area (Å²) in [5, 5.41) is 2.82. The summed E-state index contributed by atoms with van der Waals surface area (Å²) in [5.41, 5.74) is 2.05. The zero-order valence-electron chi connectivity index (χ0n) is 16.1. The minimum absolute atomic E-state index is 0.110. The Morgan fingerprint density at radius 3 is 2.67 bits per heavy atom. The first-order valence-corrected chi connectivity index (χ1v) is 10.1. The number of nitrogens with zero attached hydrogens (tertiary/aromatic N) is 2. The van der Waals surface area contributed by atoms with E-state index >= 15 is 0 Å². The van der Waals surface area contributed by atoms with Crippen LogP contribution in [0.4, 0.5) is 5.69 Å². The van der Waals surface area contributed by atoms with E-state index in [0.717, 1.165) is 10.0 Å². The van der Waals surface area contributed by atoms with Crippen LogP contribution in [0.15, 0.2) is 81.8 Å². The molecule has 0 aliphatic carbocycles. The number of oxazole rings is 1. The van der Waals surface area contributed by atoms with Crippen molar-refractivity contribution in [1.82, 2.24) is 9.97 Å². The van der Waals surface area contributed by atoms with Crippen LogP contribution in [-0.2, 0) is 11.2 Å². The molecular formula is C23H18BrN3O3. The summed E-state index contributed by atoms with van der Waals surface area (Å²) in [6.07, 6.45) is 1.66. The van der Waals surface area contributed by atoms with Gasteiger partial charge in [-0.2, -0.15) is 0 Å². The predicted molar refractivity (Wildman–Crippen MR) is 117 cm³/mol. The second-order valence-electron chi connectivity index (χ2n) is 6.56. The third-order valence-corrected chi connectivity index (χ3v) is 4.77. The van der Waals surface area contributed by atoms with E-state index in [1.807, 2.05) is 54.6 Å². The predicted octanol–water partition coefficient (Wildman–Crippen LogP) is 5.78. The standard InChI is InChI=1S/C23H18BrN3O3/c1-15-20(27-23(29-15)16-6-3-2-4-7-16)13-21(28)26-18-10-11-22(25-14-18)30-19-9-5-8-17(24)12-19/h2-12,14H,13H2,1H3,(H,26,28). The molecule has 7 heteroatoms. The third-order valence-electron chi connectivity index (χ3n) is 4.28. The number of halogens is 1. The maximum atomic E-state index is 12.4. The summed E-state index contributed by atoms with van der Waals surface area (Å²) in [5.74, 6) is 2.04. The average molecular weight is 464 g/mol. The minimum Gasteiger partial charge on any atom is -0.441 e.